The van der Waals surface area contributed by atoms with Gasteiger partial charge in [0.15, 0.2) is 0 Å². The fourth-order valence-electron chi connectivity index (χ4n) is 4.51. The van der Waals surface area contributed by atoms with Crippen LogP contribution in [0.3, 0.4) is 0 Å². The van der Waals surface area contributed by atoms with E-state index in [1.54, 1.807) is 25.0 Å². The highest BCUT2D eigenvalue weighted by Crippen LogP contribution is 2.26. The van der Waals surface area contributed by atoms with E-state index in [1.807, 2.05) is 77.6 Å². The summed E-state index contributed by atoms with van der Waals surface area (Å²) in [5.74, 6) is 1.63. The van der Waals surface area contributed by atoms with E-state index in [0.29, 0.717) is 18.5 Å². The van der Waals surface area contributed by atoms with Gasteiger partial charge in [-0.3, -0.25) is 19.5 Å². The number of benzene rings is 4. The summed E-state index contributed by atoms with van der Waals surface area (Å²) in [6, 6.07) is 26.5. The Kier molecular flexibility index (Phi) is 7.58. The predicted molar refractivity (Wildman–Crippen MR) is 155 cm³/mol. The van der Waals surface area contributed by atoms with Crippen LogP contribution in [0.5, 0.6) is 11.5 Å². The van der Waals surface area contributed by atoms with Gasteiger partial charge in [0.2, 0.25) is 0 Å². The Morgan fingerprint density at radius 1 is 0.750 bits per heavy atom. The van der Waals surface area contributed by atoms with Crippen LogP contribution < -0.4 is 15.2 Å². The third kappa shape index (κ3) is 5.56. The molecule has 2 heterocycles. The van der Waals surface area contributed by atoms with Crippen molar-refractivity contribution in [3.8, 4) is 11.5 Å². The highest BCUT2D eigenvalue weighted by atomic mass is 16.6. The summed E-state index contributed by atoms with van der Waals surface area (Å²) in [5.41, 5.74) is 10.7. The smallest absolute Gasteiger partial charge is 0.280 e. The zero-order valence-corrected chi connectivity index (χ0v) is 22.1. The van der Waals surface area contributed by atoms with E-state index in [2.05, 4.69) is 16.3 Å². The van der Waals surface area contributed by atoms with Gasteiger partial charge >= 0.3 is 0 Å². The van der Waals surface area contributed by atoms with Gasteiger partial charge in [0.25, 0.3) is 5.69 Å². The number of nitro groups is 1. The normalized spacial score (nSPS) is 10.8. The molecule has 0 atom stereocenters. The van der Waals surface area contributed by atoms with Crippen molar-refractivity contribution in [3.63, 3.8) is 0 Å². The number of methoxy groups -OCH3 is 2. The number of hydrogen-bond acceptors (Lipinski definition) is 7. The number of nitrogen functional groups attached to an aromatic ring is 1. The molecule has 0 aliphatic carbocycles. The number of non-ortho nitro benzene ring substituents is 1. The topological polar surface area (TPSA) is 123 Å². The number of fused-ring (bicyclic) bond motifs is 2. The maximum absolute atomic E-state index is 11.0. The summed E-state index contributed by atoms with van der Waals surface area (Å²) in [6.45, 7) is 1.23. The van der Waals surface area contributed by atoms with Crippen LogP contribution in [0.1, 0.15) is 11.1 Å². The molecule has 10 nitrogen and oxygen atoms in total. The Morgan fingerprint density at radius 3 is 1.80 bits per heavy atom. The molecule has 0 amide bonds. The van der Waals surface area contributed by atoms with Crippen molar-refractivity contribution in [2.75, 3.05) is 20.0 Å². The number of nitro benzene ring substituents is 1. The molecule has 2 N–H and O–H groups in total. The third-order valence-corrected chi connectivity index (χ3v) is 6.52. The minimum absolute atomic E-state index is 0.0735. The van der Waals surface area contributed by atoms with Gasteiger partial charge in [-0.15, -0.1) is 0 Å². The summed E-state index contributed by atoms with van der Waals surface area (Å²) in [5, 5.41) is 21.2. The van der Waals surface area contributed by atoms with E-state index in [1.165, 1.54) is 12.3 Å². The maximum atomic E-state index is 11.0. The van der Waals surface area contributed by atoms with Crippen molar-refractivity contribution in [1.82, 2.24) is 19.6 Å². The zero-order valence-electron chi connectivity index (χ0n) is 22.1. The summed E-state index contributed by atoms with van der Waals surface area (Å²) in [4.78, 5) is 10.6. The molecular weight excluding hydrogens is 508 g/mol. The first kappa shape index (κ1) is 26.2. The van der Waals surface area contributed by atoms with E-state index < -0.39 is 0 Å². The largest absolute Gasteiger partial charge is 0.497 e. The molecule has 0 saturated carbocycles. The molecule has 0 aliphatic heterocycles. The number of ether oxygens (including phenoxy) is 2. The number of anilines is 1. The summed E-state index contributed by atoms with van der Waals surface area (Å²) in [6.07, 6.45) is 3.35. The van der Waals surface area contributed by atoms with Gasteiger partial charge < -0.3 is 15.2 Å². The molecule has 4 aromatic carbocycles. The molecule has 6 aromatic rings. The number of nitrogens with zero attached hydrogens (tertiary/aromatic N) is 5. The zero-order chi connectivity index (χ0) is 28.1. The van der Waals surface area contributed by atoms with Gasteiger partial charge in [-0.2, -0.15) is 10.2 Å². The van der Waals surface area contributed by atoms with Crippen LogP contribution in [0.15, 0.2) is 97.3 Å². The van der Waals surface area contributed by atoms with Gasteiger partial charge in [0.1, 0.15) is 11.5 Å². The van der Waals surface area contributed by atoms with Crippen LogP contribution >= 0.6 is 0 Å². The number of rotatable bonds is 7. The molecule has 0 aliphatic rings. The van der Waals surface area contributed by atoms with Crippen LogP contribution in [0, 0.1) is 10.1 Å². The lowest BCUT2D eigenvalue weighted by molar-refractivity contribution is -0.383. The minimum Gasteiger partial charge on any atom is -0.497 e. The average Bonchev–Trinajstić information content (AvgIpc) is 3.58. The number of nitrogens with two attached hydrogens (primary N) is 1. The van der Waals surface area contributed by atoms with E-state index in [4.69, 9.17) is 15.2 Å². The SMILES string of the molecule is COc1cccc(Cn2ncc3c(N)cccc32)c1.COc1cccc(Cn2ncc3c([N+](=O)[O-])cccc32)c1. The Labute approximate surface area is 230 Å². The van der Waals surface area contributed by atoms with Crippen molar-refractivity contribution in [2.24, 2.45) is 0 Å². The summed E-state index contributed by atoms with van der Waals surface area (Å²) < 4.78 is 14.1. The molecule has 6 rings (SSSR count). The molecular formula is C30H28N6O4. The summed E-state index contributed by atoms with van der Waals surface area (Å²) in [7, 11) is 3.29. The quantitative estimate of drug-likeness (QED) is 0.158. The van der Waals surface area contributed by atoms with Gasteiger partial charge in [0.05, 0.1) is 61.0 Å². The molecule has 0 bridgehead atoms. The average molecular weight is 537 g/mol. The lowest BCUT2D eigenvalue weighted by Gasteiger charge is -2.06. The monoisotopic (exact) mass is 536 g/mol. The molecule has 0 unspecified atom stereocenters. The van der Waals surface area contributed by atoms with Crippen molar-refractivity contribution in [2.45, 2.75) is 13.1 Å². The van der Waals surface area contributed by atoms with E-state index in [-0.39, 0.29) is 10.6 Å². The Morgan fingerprint density at radius 2 is 1.25 bits per heavy atom. The molecule has 0 radical (unpaired) electrons. The minimum atomic E-state index is -0.389. The number of aromatic nitrogens is 4. The van der Waals surface area contributed by atoms with Crippen LogP contribution in [-0.2, 0) is 13.1 Å². The van der Waals surface area contributed by atoms with Crippen LogP contribution in [-0.4, -0.2) is 38.7 Å². The first-order valence-electron chi connectivity index (χ1n) is 12.5. The fourth-order valence-corrected chi connectivity index (χ4v) is 4.51. The Balaban J connectivity index is 0.000000162. The van der Waals surface area contributed by atoms with Crippen LogP contribution in [0.2, 0.25) is 0 Å². The van der Waals surface area contributed by atoms with Gasteiger partial charge in [0, 0.05) is 17.1 Å². The lowest BCUT2D eigenvalue weighted by Crippen LogP contribution is -2.01. The Bertz CT molecular complexity index is 1790. The first-order chi connectivity index (χ1) is 19.5. The van der Waals surface area contributed by atoms with E-state index in [0.717, 1.165) is 44.7 Å². The predicted octanol–water partition coefficient (Wildman–Crippen LogP) is 5.68. The highest BCUT2D eigenvalue weighted by Gasteiger charge is 2.15. The van der Waals surface area contributed by atoms with Crippen molar-refractivity contribution in [3.05, 3.63) is 119 Å². The second-order valence-electron chi connectivity index (χ2n) is 9.05. The van der Waals surface area contributed by atoms with Gasteiger partial charge in [-0.25, -0.2) is 0 Å². The van der Waals surface area contributed by atoms with Crippen molar-refractivity contribution in [1.29, 1.82) is 0 Å². The van der Waals surface area contributed by atoms with Crippen LogP contribution in [0.4, 0.5) is 11.4 Å². The molecule has 202 valence electrons. The molecule has 0 fully saturated rings. The molecule has 0 spiro atoms. The fraction of sp³-hybridized carbons (Fsp3) is 0.133. The van der Waals surface area contributed by atoms with Crippen LogP contribution in [0.25, 0.3) is 21.8 Å². The van der Waals surface area contributed by atoms with Crippen molar-refractivity contribution >= 4 is 33.2 Å². The Hall–Kier alpha value is -5.38. The molecule has 0 saturated heterocycles. The lowest BCUT2D eigenvalue weighted by atomic mass is 10.2. The maximum Gasteiger partial charge on any atom is 0.280 e. The second-order valence-corrected chi connectivity index (χ2v) is 9.05. The standard InChI is InChI=1S/C15H13N3O3.C15H15N3O/c1-21-12-5-2-4-11(8-12)10-17-14-6-3-7-15(18(19)20)13(14)9-16-17;1-19-12-5-2-4-11(8-12)10-18-15-7-3-6-14(16)13(15)9-17-18/h2-9H,10H2,1H3;2-9H,10,16H2,1H3. The number of hydrogen-bond donors (Lipinski definition) is 1. The third-order valence-electron chi connectivity index (χ3n) is 6.52. The van der Waals surface area contributed by atoms with Gasteiger partial charge in [-0.05, 0) is 53.6 Å². The molecule has 10 heteroatoms. The molecule has 40 heavy (non-hydrogen) atoms. The van der Waals surface area contributed by atoms with E-state index >= 15 is 0 Å². The highest BCUT2D eigenvalue weighted by molar-refractivity contribution is 5.90. The molecule has 2 aromatic heterocycles. The first-order valence-corrected chi connectivity index (χ1v) is 12.5. The van der Waals surface area contributed by atoms with Gasteiger partial charge in [-0.1, -0.05) is 36.4 Å². The second kappa shape index (κ2) is 11.6. The van der Waals surface area contributed by atoms with E-state index in [9.17, 15) is 10.1 Å². The van der Waals surface area contributed by atoms with Crippen molar-refractivity contribution < 1.29 is 14.4 Å². The summed E-state index contributed by atoms with van der Waals surface area (Å²) >= 11 is 0.